The lowest BCUT2D eigenvalue weighted by molar-refractivity contribution is 0.102. The lowest BCUT2D eigenvalue weighted by atomic mass is 10.1. The highest BCUT2D eigenvalue weighted by atomic mass is 16.5. The summed E-state index contributed by atoms with van der Waals surface area (Å²) in [5.74, 6) is 0.748. The molecule has 1 aliphatic rings. The van der Waals surface area contributed by atoms with E-state index in [-0.39, 0.29) is 5.91 Å². The zero-order chi connectivity index (χ0) is 15.0. The maximum absolute atomic E-state index is 12.4. The maximum Gasteiger partial charge on any atom is 0.255 e. The minimum Gasteiger partial charge on any atom is -0.493 e. The van der Waals surface area contributed by atoms with Gasteiger partial charge in [0.25, 0.3) is 5.91 Å². The largest absolute Gasteiger partial charge is 0.493 e. The average molecular weight is 282 g/mol. The molecule has 4 nitrogen and oxygen atoms in total. The standard InChI is InChI=1S/C17H18N2O2/c1-10-7-11(2)15(9-14(10)18)19-17(20)13-3-4-16-12(8-13)5-6-21-16/h3-4,7-9H,5-6,18H2,1-2H3,(H,19,20). The van der Waals surface area contributed by atoms with Crippen LogP contribution in [0.4, 0.5) is 11.4 Å². The number of nitrogens with two attached hydrogens (primary N) is 1. The van der Waals surface area contributed by atoms with Crippen molar-refractivity contribution in [3.8, 4) is 5.75 Å². The normalized spacial score (nSPS) is 12.7. The molecule has 1 amide bonds. The van der Waals surface area contributed by atoms with Crippen molar-refractivity contribution in [1.82, 2.24) is 0 Å². The van der Waals surface area contributed by atoms with Gasteiger partial charge in [0.2, 0.25) is 0 Å². The van der Waals surface area contributed by atoms with E-state index in [1.165, 1.54) is 0 Å². The minimum absolute atomic E-state index is 0.129. The number of aryl methyl sites for hydroxylation is 2. The van der Waals surface area contributed by atoms with Crippen LogP contribution in [0.25, 0.3) is 0 Å². The molecule has 108 valence electrons. The molecular formula is C17H18N2O2. The quantitative estimate of drug-likeness (QED) is 0.832. The van der Waals surface area contributed by atoms with Crippen molar-refractivity contribution in [2.75, 3.05) is 17.7 Å². The van der Waals surface area contributed by atoms with E-state index in [4.69, 9.17) is 10.5 Å². The second-order valence-corrected chi connectivity index (χ2v) is 5.40. The first kappa shape index (κ1) is 13.5. The van der Waals surface area contributed by atoms with E-state index >= 15 is 0 Å². The van der Waals surface area contributed by atoms with Crippen molar-refractivity contribution in [2.24, 2.45) is 0 Å². The first-order valence-electron chi connectivity index (χ1n) is 6.98. The predicted molar refractivity (Wildman–Crippen MR) is 83.9 cm³/mol. The zero-order valence-electron chi connectivity index (χ0n) is 12.2. The molecule has 2 aromatic carbocycles. The summed E-state index contributed by atoms with van der Waals surface area (Å²) in [6.07, 6.45) is 0.854. The summed E-state index contributed by atoms with van der Waals surface area (Å²) in [4.78, 5) is 12.4. The fourth-order valence-corrected chi connectivity index (χ4v) is 2.53. The van der Waals surface area contributed by atoms with Crippen LogP contribution in [0.5, 0.6) is 5.75 Å². The molecule has 3 N–H and O–H groups in total. The summed E-state index contributed by atoms with van der Waals surface area (Å²) in [7, 11) is 0. The van der Waals surface area contributed by atoms with Crippen LogP contribution >= 0.6 is 0 Å². The summed E-state index contributed by atoms with van der Waals surface area (Å²) in [5, 5.41) is 2.93. The molecule has 2 aromatic rings. The number of hydrogen-bond acceptors (Lipinski definition) is 3. The van der Waals surface area contributed by atoms with Gasteiger partial charge in [-0.05, 0) is 54.8 Å². The summed E-state index contributed by atoms with van der Waals surface area (Å²) in [5.41, 5.74) is 11.1. The molecule has 0 aromatic heterocycles. The van der Waals surface area contributed by atoms with E-state index in [0.29, 0.717) is 17.9 Å². The Morgan fingerprint density at radius 3 is 2.81 bits per heavy atom. The Morgan fingerprint density at radius 1 is 1.19 bits per heavy atom. The van der Waals surface area contributed by atoms with Gasteiger partial charge in [-0.1, -0.05) is 6.07 Å². The predicted octanol–water partition coefficient (Wildman–Crippen LogP) is 3.07. The first-order chi connectivity index (χ1) is 10.0. The molecule has 21 heavy (non-hydrogen) atoms. The van der Waals surface area contributed by atoms with E-state index < -0.39 is 0 Å². The number of anilines is 2. The lowest BCUT2D eigenvalue weighted by Crippen LogP contribution is -2.13. The van der Waals surface area contributed by atoms with Gasteiger partial charge in [0, 0.05) is 23.4 Å². The molecule has 0 saturated heterocycles. The number of carbonyl (C=O) groups excluding carboxylic acids is 1. The molecule has 0 aliphatic carbocycles. The highest BCUT2D eigenvalue weighted by Crippen LogP contribution is 2.27. The average Bonchev–Trinajstić information content (AvgIpc) is 2.92. The Kier molecular flexibility index (Phi) is 3.29. The summed E-state index contributed by atoms with van der Waals surface area (Å²) in [6.45, 7) is 4.60. The SMILES string of the molecule is Cc1cc(C)c(NC(=O)c2ccc3c(c2)CCO3)cc1N. The second kappa shape index (κ2) is 5.13. The van der Waals surface area contributed by atoms with Crippen molar-refractivity contribution >= 4 is 17.3 Å². The van der Waals surface area contributed by atoms with Crippen LogP contribution in [-0.2, 0) is 6.42 Å². The Bertz CT molecular complexity index is 723. The van der Waals surface area contributed by atoms with Gasteiger partial charge < -0.3 is 15.8 Å². The Labute approximate surface area is 123 Å². The van der Waals surface area contributed by atoms with Crippen LogP contribution in [0.2, 0.25) is 0 Å². The Balaban J connectivity index is 1.85. The van der Waals surface area contributed by atoms with Gasteiger partial charge in [0.15, 0.2) is 0 Å². The summed E-state index contributed by atoms with van der Waals surface area (Å²) in [6, 6.07) is 9.31. The smallest absolute Gasteiger partial charge is 0.255 e. The van der Waals surface area contributed by atoms with E-state index in [1.54, 1.807) is 12.1 Å². The molecule has 0 spiro atoms. The van der Waals surface area contributed by atoms with E-state index in [9.17, 15) is 4.79 Å². The molecule has 1 heterocycles. The fourth-order valence-electron chi connectivity index (χ4n) is 2.53. The van der Waals surface area contributed by atoms with Gasteiger partial charge >= 0.3 is 0 Å². The van der Waals surface area contributed by atoms with Crippen molar-refractivity contribution in [1.29, 1.82) is 0 Å². The van der Waals surface area contributed by atoms with E-state index in [2.05, 4.69) is 5.32 Å². The number of fused-ring (bicyclic) bond motifs is 1. The van der Waals surface area contributed by atoms with E-state index in [0.717, 1.165) is 34.5 Å². The zero-order valence-corrected chi connectivity index (χ0v) is 12.2. The monoisotopic (exact) mass is 282 g/mol. The molecular weight excluding hydrogens is 264 g/mol. The molecule has 4 heteroatoms. The number of benzene rings is 2. The van der Waals surface area contributed by atoms with Crippen LogP contribution < -0.4 is 15.8 Å². The number of nitrogens with one attached hydrogen (secondary N) is 1. The van der Waals surface area contributed by atoms with Gasteiger partial charge in [-0.15, -0.1) is 0 Å². The molecule has 0 radical (unpaired) electrons. The van der Waals surface area contributed by atoms with Crippen molar-refractivity contribution in [2.45, 2.75) is 20.3 Å². The van der Waals surface area contributed by atoms with Gasteiger partial charge in [-0.25, -0.2) is 0 Å². The van der Waals surface area contributed by atoms with Crippen LogP contribution in [0.15, 0.2) is 30.3 Å². The third kappa shape index (κ3) is 2.57. The van der Waals surface area contributed by atoms with Crippen LogP contribution in [-0.4, -0.2) is 12.5 Å². The number of nitrogen functional groups attached to an aromatic ring is 1. The van der Waals surface area contributed by atoms with Crippen LogP contribution in [0.1, 0.15) is 27.0 Å². The summed E-state index contributed by atoms with van der Waals surface area (Å²) < 4.78 is 5.45. The van der Waals surface area contributed by atoms with Gasteiger partial charge in [-0.3, -0.25) is 4.79 Å². The minimum atomic E-state index is -0.129. The van der Waals surface area contributed by atoms with Crippen molar-refractivity contribution in [3.63, 3.8) is 0 Å². The van der Waals surface area contributed by atoms with Crippen LogP contribution in [0.3, 0.4) is 0 Å². The second-order valence-electron chi connectivity index (χ2n) is 5.40. The van der Waals surface area contributed by atoms with Crippen molar-refractivity contribution < 1.29 is 9.53 Å². The van der Waals surface area contributed by atoms with Gasteiger partial charge in [0.05, 0.1) is 6.61 Å². The molecule has 0 bridgehead atoms. The molecule has 1 aliphatic heterocycles. The first-order valence-corrected chi connectivity index (χ1v) is 6.98. The third-order valence-corrected chi connectivity index (χ3v) is 3.81. The molecule has 0 saturated carbocycles. The Morgan fingerprint density at radius 2 is 2.00 bits per heavy atom. The number of amides is 1. The maximum atomic E-state index is 12.4. The number of carbonyl (C=O) groups is 1. The highest BCUT2D eigenvalue weighted by molar-refractivity contribution is 6.05. The lowest BCUT2D eigenvalue weighted by Gasteiger charge is -2.11. The Hall–Kier alpha value is -2.49. The highest BCUT2D eigenvalue weighted by Gasteiger charge is 2.15. The van der Waals surface area contributed by atoms with Crippen molar-refractivity contribution in [3.05, 3.63) is 52.6 Å². The van der Waals surface area contributed by atoms with Gasteiger partial charge in [-0.2, -0.15) is 0 Å². The number of ether oxygens (including phenoxy) is 1. The van der Waals surface area contributed by atoms with E-state index in [1.807, 2.05) is 32.0 Å². The third-order valence-electron chi connectivity index (χ3n) is 3.81. The van der Waals surface area contributed by atoms with Crippen LogP contribution in [0, 0.1) is 13.8 Å². The molecule has 0 atom stereocenters. The van der Waals surface area contributed by atoms with Gasteiger partial charge in [0.1, 0.15) is 5.75 Å². The number of rotatable bonds is 2. The summed E-state index contributed by atoms with van der Waals surface area (Å²) >= 11 is 0. The molecule has 0 unspecified atom stereocenters. The number of hydrogen-bond donors (Lipinski definition) is 2. The topological polar surface area (TPSA) is 64.3 Å². The molecule has 0 fully saturated rings. The fraction of sp³-hybridized carbons (Fsp3) is 0.235. The molecule has 3 rings (SSSR count).